The number of rotatable bonds is 9. The van der Waals surface area contributed by atoms with E-state index in [2.05, 4.69) is 32.8 Å². The molecule has 0 spiro atoms. The number of aromatic nitrogens is 4. The molecule has 158 valence electrons. The lowest BCUT2D eigenvalue weighted by Gasteiger charge is -2.31. The highest BCUT2D eigenvalue weighted by Gasteiger charge is 2.24. The van der Waals surface area contributed by atoms with Crippen molar-refractivity contribution in [3.05, 3.63) is 41.5 Å². The molecule has 1 N–H and O–H groups in total. The molecule has 1 fully saturated rings. The molecule has 1 aromatic heterocycles. The van der Waals surface area contributed by atoms with E-state index >= 15 is 0 Å². The molecule has 0 aliphatic heterocycles. The van der Waals surface area contributed by atoms with Crippen LogP contribution < -0.4 is 5.32 Å². The Balaban J connectivity index is 1.54. The van der Waals surface area contributed by atoms with Crippen LogP contribution in [0.3, 0.4) is 0 Å². The molecule has 7 nitrogen and oxygen atoms in total. The lowest BCUT2D eigenvalue weighted by molar-refractivity contribution is -0.124. The molecular weight excluding hydrogens is 371 g/mol. The minimum atomic E-state index is -0.563. The van der Waals surface area contributed by atoms with Gasteiger partial charge in [0.05, 0.1) is 0 Å². The Morgan fingerprint density at radius 2 is 2.00 bits per heavy atom. The number of hydrogen-bond donors (Lipinski definition) is 1. The average Bonchev–Trinajstić information content (AvgIpc) is 3.16. The molecule has 0 bridgehead atoms. The number of nitrogens with one attached hydrogen (secondary N) is 1. The molecule has 0 saturated heterocycles. The second-order valence-electron chi connectivity index (χ2n) is 7.93. The lowest BCUT2D eigenvalue weighted by Crippen LogP contribution is -2.38. The molecule has 1 atom stereocenters. The predicted octanol–water partition coefficient (Wildman–Crippen LogP) is 2.68. The van der Waals surface area contributed by atoms with E-state index in [9.17, 15) is 9.18 Å². The van der Waals surface area contributed by atoms with E-state index in [1.54, 1.807) is 19.1 Å². The zero-order valence-corrected chi connectivity index (χ0v) is 17.4. The summed E-state index contributed by atoms with van der Waals surface area (Å²) in [6.07, 6.45) is 7.86. The van der Waals surface area contributed by atoms with Gasteiger partial charge in [0, 0.05) is 19.0 Å². The minimum Gasteiger partial charge on any atom is -0.354 e. The Hall–Kier alpha value is -2.35. The summed E-state index contributed by atoms with van der Waals surface area (Å²) < 4.78 is 14.7. The smallest absolute Gasteiger partial charge is 0.245 e. The van der Waals surface area contributed by atoms with Crippen molar-refractivity contribution in [2.45, 2.75) is 64.0 Å². The summed E-state index contributed by atoms with van der Waals surface area (Å²) in [5, 5.41) is 14.6. The van der Waals surface area contributed by atoms with E-state index < -0.39 is 6.04 Å². The van der Waals surface area contributed by atoms with Gasteiger partial charge in [-0.1, -0.05) is 31.4 Å². The van der Waals surface area contributed by atoms with E-state index in [1.165, 1.54) is 48.9 Å². The van der Waals surface area contributed by atoms with Crippen molar-refractivity contribution in [3.8, 4) is 0 Å². The first-order valence-corrected chi connectivity index (χ1v) is 10.5. The van der Waals surface area contributed by atoms with Gasteiger partial charge < -0.3 is 10.2 Å². The first kappa shape index (κ1) is 21.4. The third-order valence-corrected chi connectivity index (χ3v) is 5.78. The summed E-state index contributed by atoms with van der Waals surface area (Å²) in [5.41, 5.74) is 0.860. The summed E-state index contributed by atoms with van der Waals surface area (Å²) in [7, 11) is 2.18. The minimum absolute atomic E-state index is 0.120. The fourth-order valence-corrected chi connectivity index (χ4v) is 4.02. The van der Waals surface area contributed by atoms with Gasteiger partial charge >= 0.3 is 0 Å². The van der Waals surface area contributed by atoms with Crippen LogP contribution in [0.4, 0.5) is 4.39 Å². The van der Waals surface area contributed by atoms with Crippen LogP contribution in [-0.2, 0) is 11.2 Å². The molecule has 2 aromatic rings. The van der Waals surface area contributed by atoms with Gasteiger partial charge in [-0.25, -0.2) is 9.07 Å². The fraction of sp³-hybridized carbons (Fsp3) is 0.619. The van der Waals surface area contributed by atoms with Gasteiger partial charge in [-0.15, -0.1) is 5.10 Å². The van der Waals surface area contributed by atoms with Crippen molar-refractivity contribution in [1.82, 2.24) is 30.4 Å². The number of aryl methyl sites for hydroxylation is 1. The van der Waals surface area contributed by atoms with Gasteiger partial charge in [0.25, 0.3) is 0 Å². The summed E-state index contributed by atoms with van der Waals surface area (Å²) in [6, 6.07) is 6.29. The highest BCUT2D eigenvalue weighted by Crippen LogP contribution is 2.21. The summed E-state index contributed by atoms with van der Waals surface area (Å²) in [6.45, 7) is 3.35. The van der Waals surface area contributed by atoms with Crippen LogP contribution >= 0.6 is 0 Å². The van der Waals surface area contributed by atoms with Crippen molar-refractivity contribution in [2.24, 2.45) is 0 Å². The molecule has 1 heterocycles. The predicted molar refractivity (Wildman–Crippen MR) is 109 cm³/mol. The number of benzene rings is 1. The van der Waals surface area contributed by atoms with Gasteiger partial charge in [-0.3, -0.25) is 4.79 Å². The second-order valence-corrected chi connectivity index (χ2v) is 7.93. The Morgan fingerprint density at radius 1 is 1.28 bits per heavy atom. The van der Waals surface area contributed by atoms with Crippen LogP contribution in [0.5, 0.6) is 0 Å². The van der Waals surface area contributed by atoms with Crippen molar-refractivity contribution in [3.63, 3.8) is 0 Å². The maximum absolute atomic E-state index is 13.2. The van der Waals surface area contributed by atoms with Gasteiger partial charge in [0.15, 0.2) is 0 Å². The van der Waals surface area contributed by atoms with Crippen LogP contribution in [0.2, 0.25) is 0 Å². The molecule has 1 saturated carbocycles. The second kappa shape index (κ2) is 10.4. The number of tetrazole rings is 1. The zero-order chi connectivity index (χ0) is 20.6. The van der Waals surface area contributed by atoms with Crippen LogP contribution in [0, 0.1) is 12.7 Å². The van der Waals surface area contributed by atoms with E-state index in [0.29, 0.717) is 24.8 Å². The number of carbonyl (C=O) groups is 1. The SMILES string of the molecule is Cc1nnnn1C(Cc1ccc(F)cc1)C(=O)NCCCN(C)C1CCCCC1. The standard InChI is InChI=1S/C21H31FN6O/c1-16-24-25-26-28(16)20(15-17-9-11-18(22)12-10-17)21(29)23-13-6-14-27(2)19-7-4-3-5-8-19/h9-12,19-20H,3-8,13-15H2,1-2H3,(H,23,29). The molecule has 8 heteroatoms. The molecular formula is C21H31FN6O. The first-order chi connectivity index (χ1) is 14.0. The topological polar surface area (TPSA) is 75.9 Å². The molecule has 29 heavy (non-hydrogen) atoms. The van der Waals surface area contributed by atoms with E-state index in [-0.39, 0.29) is 11.7 Å². The molecule has 1 aromatic carbocycles. The number of carbonyl (C=O) groups excluding carboxylic acids is 1. The normalized spacial score (nSPS) is 16.1. The third kappa shape index (κ3) is 6.06. The molecule has 1 unspecified atom stereocenters. The van der Waals surface area contributed by atoms with E-state index in [0.717, 1.165) is 18.5 Å². The van der Waals surface area contributed by atoms with Crippen LogP contribution in [0.25, 0.3) is 0 Å². The van der Waals surface area contributed by atoms with Crippen molar-refractivity contribution in [1.29, 1.82) is 0 Å². The largest absolute Gasteiger partial charge is 0.354 e. The molecule has 3 rings (SSSR count). The van der Waals surface area contributed by atoms with Crippen molar-refractivity contribution in [2.75, 3.05) is 20.1 Å². The quantitative estimate of drug-likeness (QED) is 0.653. The van der Waals surface area contributed by atoms with Crippen molar-refractivity contribution < 1.29 is 9.18 Å². The van der Waals surface area contributed by atoms with Crippen LogP contribution in [0.1, 0.15) is 56.0 Å². The summed E-state index contributed by atoms with van der Waals surface area (Å²) in [4.78, 5) is 15.3. The molecule has 1 aliphatic carbocycles. The summed E-state index contributed by atoms with van der Waals surface area (Å²) in [5.74, 6) is 0.157. The zero-order valence-electron chi connectivity index (χ0n) is 17.4. The average molecular weight is 403 g/mol. The molecule has 1 amide bonds. The van der Waals surface area contributed by atoms with Crippen LogP contribution in [-0.4, -0.2) is 57.2 Å². The Labute approximate surface area is 171 Å². The van der Waals surface area contributed by atoms with E-state index in [1.807, 2.05) is 0 Å². The number of halogens is 1. The Kier molecular flexibility index (Phi) is 7.69. The van der Waals surface area contributed by atoms with Crippen molar-refractivity contribution >= 4 is 5.91 Å². The van der Waals surface area contributed by atoms with E-state index in [4.69, 9.17) is 0 Å². The number of nitrogens with zero attached hydrogens (tertiary/aromatic N) is 5. The van der Waals surface area contributed by atoms with Gasteiger partial charge in [-0.2, -0.15) is 0 Å². The fourth-order valence-electron chi connectivity index (χ4n) is 4.02. The number of hydrogen-bond acceptors (Lipinski definition) is 5. The number of amides is 1. The Morgan fingerprint density at radius 3 is 2.66 bits per heavy atom. The lowest BCUT2D eigenvalue weighted by atomic mass is 9.94. The maximum atomic E-state index is 13.2. The monoisotopic (exact) mass is 402 g/mol. The van der Waals surface area contributed by atoms with Gasteiger partial charge in [-0.05, 0) is 67.9 Å². The molecule has 1 aliphatic rings. The maximum Gasteiger partial charge on any atom is 0.245 e. The Bertz CT molecular complexity index is 772. The van der Waals surface area contributed by atoms with Crippen LogP contribution in [0.15, 0.2) is 24.3 Å². The highest BCUT2D eigenvalue weighted by atomic mass is 19.1. The first-order valence-electron chi connectivity index (χ1n) is 10.5. The van der Waals surface area contributed by atoms with Gasteiger partial charge in [0.2, 0.25) is 5.91 Å². The van der Waals surface area contributed by atoms with Gasteiger partial charge in [0.1, 0.15) is 17.7 Å². The highest BCUT2D eigenvalue weighted by molar-refractivity contribution is 5.80. The summed E-state index contributed by atoms with van der Waals surface area (Å²) >= 11 is 0. The molecule has 0 radical (unpaired) electrons. The third-order valence-electron chi connectivity index (χ3n) is 5.78.